The van der Waals surface area contributed by atoms with Crippen molar-refractivity contribution in [2.45, 2.75) is 37.3 Å². The van der Waals surface area contributed by atoms with Crippen molar-refractivity contribution in [1.82, 2.24) is 24.5 Å². The van der Waals surface area contributed by atoms with Crippen LogP contribution in [0, 0.1) is 6.92 Å². The summed E-state index contributed by atoms with van der Waals surface area (Å²) >= 11 is 12.4. The van der Waals surface area contributed by atoms with Crippen molar-refractivity contribution in [2.75, 3.05) is 17.2 Å². The van der Waals surface area contributed by atoms with Gasteiger partial charge in [-0.1, -0.05) is 48.3 Å². The minimum absolute atomic E-state index is 0.00952. The SMILES string of the molecule is CCOC(=O)c1ccn(-c2cc(NC(=O)c3nn(-c4ccc(Cl)c(Cl)c4)c4ccccc34)c(O)cc2NC(=O)C(CC)S(=O)(=O)c2ccc(C)nc2)n1. The van der Waals surface area contributed by atoms with E-state index in [0.29, 0.717) is 32.3 Å². The predicted molar refractivity (Wildman–Crippen MR) is 199 cm³/mol. The maximum atomic E-state index is 13.8. The number of halogens is 2. The number of fused-ring (bicyclic) bond motifs is 1. The first-order chi connectivity index (χ1) is 25.3. The fraction of sp³-hybridized carbons (Fsp3) is 0.167. The van der Waals surface area contributed by atoms with Crippen molar-refractivity contribution in [3.05, 3.63) is 112 Å². The summed E-state index contributed by atoms with van der Waals surface area (Å²) in [6.45, 7) is 4.99. The number of carbonyl (C=O) groups excluding carboxylic acids is 3. The molecule has 0 saturated carbocycles. The van der Waals surface area contributed by atoms with Gasteiger partial charge in [0.05, 0.1) is 49.8 Å². The number of hydrogen-bond acceptors (Lipinski definition) is 10. The van der Waals surface area contributed by atoms with Crippen LogP contribution in [0.25, 0.3) is 22.3 Å². The van der Waals surface area contributed by atoms with Gasteiger partial charge in [-0.25, -0.2) is 22.6 Å². The highest BCUT2D eigenvalue weighted by atomic mass is 35.5. The molecule has 6 aromatic rings. The van der Waals surface area contributed by atoms with Crippen molar-refractivity contribution < 1.29 is 32.6 Å². The molecule has 53 heavy (non-hydrogen) atoms. The fourth-order valence-electron chi connectivity index (χ4n) is 5.51. The monoisotopic (exact) mass is 775 g/mol. The summed E-state index contributed by atoms with van der Waals surface area (Å²) in [5.41, 5.74) is 1.55. The number of rotatable bonds is 11. The number of anilines is 2. The summed E-state index contributed by atoms with van der Waals surface area (Å²) in [4.78, 5) is 43.9. The summed E-state index contributed by atoms with van der Waals surface area (Å²) in [5, 5.41) is 24.9. The number of para-hydroxylation sites is 1. The van der Waals surface area contributed by atoms with Crippen LogP contribution in [0.1, 0.15) is 46.9 Å². The molecule has 0 aliphatic carbocycles. The largest absolute Gasteiger partial charge is 0.506 e. The Labute approximate surface area is 313 Å². The van der Waals surface area contributed by atoms with Gasteiger partial charge in [0.25, 0.3) is 5.91 Å². The fourth-order valence-corrected chi connectivity index (χ4v) is 7.37. The standard InChI is InChI=1S/C36H31Cl2N7O7S/c1-4-32(53(50,51)22-12-10-20(3)39-19-22)34(47)40-27-18-31(46)28(17-30(27)44-15-14-26(42-44)36(49)52-5-2)41-35(48)33-23-8-6-7-9-29(23)45(43-33)21-11-13-24(37)25(38)16-21/h6-19,32,46H,4-5H2,1-3H3,(H,40,47)(H,41,48). The molecule has 6 rings (SSSR count). The molecular weight excluding hydrogens is 745 g/mol. The van der Waals surface area contributed by atoms with E-state index in [2.05, 4.69) is 25.8 Å². The number of nitrogens with one attached hydrogen (secondary N) is 2. The number of aromatic nitrogens is 5. The van der Waals surface area contributed by atoms with Gasteiger partial charge in [0.2, 0.25) is 5.91 Å². The predicted octanol–water partition coefficient (Wildman–Crippen LogP) is 6.55. The maximum absolute atomic E-state index is 13.8. The second kappa shape index (κ2) is 15.1. The molecule has 0 aliphatic rings. The van der Waals surface area contributed by atoms with E-state index in [1.807, 2.05) is 0 Å². The van der Waals surface area contributed by atoms with Crippen LogP contribution in [-0.4, -0.2) is 67.7 Å². The van der Waals surface area contributed by atoms with Gasteiger partial charge in [0, 0.05) is 29.5 Å². The number of aromatic hydroxyl groups is 1. The van der Waals surface area contributed by atoms with E-state index in [1.54, 1.807) is 63.2 Å². The third-order valence-electron chi connectivity index (χ3n) is 8.14. The Bertz CT molecular complexity index is 2500. The van der Waals surface area contributed by atoms with Crippen molar-refractivity contribution in [3.8, 4) is 17.1 Å². The quantitative estimate of drug-likeness (QED) is 0.0963. The summed E-state index contributed by atoms with van der Waals surface area (Å²) in [6, 6.07) is 18.6. The average molecular weight is 777 g/mol. The van der Waals surface area contributed by atoms with Crippen LogP contribution < -0.4 is 10.6 Å². The van der Waals surface area contributed by atoms with Gasteiger partial charge < -0.3 is 20.5 Å². The number of phenols is 1. The highest BCUT2D eigenvalue weighted by Gasteiger charge is 2.34. The number of esters is 1. The summed E-state index contributed by atoms with van der Waals surface area (Å²) in [6.07, 6.45) is 2.50. The molecule has 17 heteroatoms. The van der Waals surface area contributed by atoms with Crippen molar-refractivity contribution in [2.24, 2.45) is 0 Å². The first kappa shape index (κ1) is 37.0. The number of nitrogens with zero attached hydrogens (tertiary/aromatic N) is 5. The smallest absolute Gasteiger partial charge is 0.358 e. The van der Waals surface area contributed by atoms with E-state index in [1.165, 1.54) is 46.0 Å². The van der Waals surface area contributed by atoms with Crippen LogP contribution in [-0.2, 0) is 19.4 Å². The van der Waals surface area contributed by atoms with E-state index in [0.717, 1.165) is 6.07 Å². The number of phenolic OH excluding ortho intramolecular Hbond substituents is 1. The van der Waals surface area contributed by atoms with Crippen molar-refractivity contribution in [3.63, 3.8) is 0 Å². The zero-order valence-corrected chi connectivity index (χ0v) is 30.7. The molecule has 0 fully saturated rings. The Hall–Kier alpha value is -5.77. The lowest BCUT2D eigenvalue weighted by Gasteiger charge is -2.19. The Balaban J connectivity index is 1.38. The molecule has 2 amide bonds. The van der Waals surface area contributed by atoms with E-state index < -0.39 is 38.6 Å². The molecular formula is C36H31Cl2N7O7S. The lowest BCUT2D eigenvalue weighted by atomic mass is 10.1. The van der Waals surface area contributed by atoms with Gasteiger partial charge in [0.1, 0.15) is 11.0 Å². The summed E-state index contributed by atoms with van der Waals surface area (Å²) in [5.74, 6) is -2.79. The number of pyridine rings is 1. The molecule has 3 N–H and O–H groups in total. The Morgan fingerprint density at radius 3 is 2.40 bits per heavy atom. The molecule has 3 heterocycles. The number of aryl methyl sites for hydroxylation is 1. The number of sulfone groups is 1. The lowest BCUT2D eigenvalue weighted by Crippen LogP contribution is -2.35. The molecule has 0 radical (unpaired) electrons. The minimum Gasteiger partial charge on any atom is -0.506 e. The topological polar surface area (TPSA) is 187 Å². The Kier molecular flexibility index (Phi) is 10.5. The van der Waals surface area contributed by atoms with E-state index in [-0.39, 0.29) is 46.4 Å². The zero-order chi connectivity index (χ0) is 38.0. The van der Waals surface area contributed by atoms with Gasteiger partial charge in [-0.3, -0.25) is 14.6 Å². The average Bonchev–Trinajstić information content (AvgIpc) is 3.77. The first-order valence-corrected chi connectivity index (χ1v) is 18.4. The number of amides is 2. The van der Waals surface area contributed by atoms with Crippen LogP contribution >= 0.6 is 23.2 Å². The third-order valence-corrected chi connectivity index (χ3v) is 11.1. The second-order valence-electron chi connectivity index (χ2n) is 11.6. The highest BCUT2D eigenvalue weighted by Crippen LogP contribution is 2.35. The third kappa shape index (κ3) is 7.44. The van der Waals surface area contributed by atoms with Gasteiger partial charge in [-0.15, -0.1) is 0 Å². The molecule has 3 aromatic carbocycles. The molecule has 14 nitrogen and oxygen atoms in total. The van der Waals surface area contributed by atoms with Crippen LogP contribution in [0.5, 0.6) is 5.75 Å². The number of benzene rings is 3. The minimum atomic E-state index is -4.18. The van der Waals surface area contributed by atoms with Crippen LogP contribution in [0.3, 0.4) is 0 Å². The zero-order valence-electron chi connectivity index (χ0n) is 28.4. The molecule has 0 aliphatic heterocycles. The molecule has 1 atom stereocenters. The van der Waals surface area contributed by atoms with Gasteiger partial charge >= 0.3 is 5.97 Å². The summed E-state index contributed by atoms with van der Waals surface area (Å²) in [7, 11) is -4.18. The molecule has 3 aromatic heterocycles. The van der Waals surface area contributed by atoms with Gasteiger partial charge in [0.15, 0.2) is 21.2 Å². The van der Waals surface area contributed by atoms with Gasteiger partial charge in [-0.2, -0.15) is 10.2 Å². The highest BCUT2D eigenvalue weighted by molar-refractivity contribution is 7.92. The molecule has 0 spiro atoms. The lowest BCUT2D eigenvalue weighted by molar-refractivity contribution is -0.115. The Morgan fingerprint density at radius 2 is 1.70 bits per heavy atom. The number of carbonyl (C=O) groups is 3. The van der Waals surface area contributed by atoms with Crippen LogP contribution in [0.2, 0.25) is 10.0 Å². The summed E-state index contributed by atoms with van der Waals surface area (Å²) < 4.78 is 34.8. The van der Waals surface area contributed by atoms with Crippen LogP contribution in [0.4, 0.5) is 11.4 Å². The van der Waals surface area contributed by atoms with Crippen LogP contribution in [0.15, 0.2) is 90.1 Å². The van der Waals surface area contributed by atoms with Gasteiger partial charge in [-0.05, 0) is 68.8 Å². The molecule has 1 unspecified atom stereocenters. The number of ether oxygens (including phenoxy) is 1. The van der Waals surface area contributed by atoms with Crippen molar-refractivity contribution >= 4 is 73.1 Å². The normalized spacial score (nSPS) is 12.0. The van der Waals surface area contributed by atoms with E-state index in [4.69, 9.17) is 27.9 Å². The first-order valence-electron chi connectivity index (χ1n) is 16.1. The second-order valence-corrected chi connectivity index (χ2v) is 14.6. The van der Waals surface area contributed by atoms with E-state index in [9.17, 15) is 27.9 Å². The Morgan fingerprint density at radius 1 is 0.925 bits per heavy atom. The maximum Gasteiger partial charge on any atom is 0.358 e. The van der Waals surface area contributed by atoms with E-state index >= 15 is 0 Å². The molecule has 0 saturated heterocycles. The molecule has 0 bridgehead atoms. The number of hydrogen-bond donors (Lipinski definition) is 3. The van der Waals surface area contributed by atoms with Crippen molar-refractivity contribution in [1.29, 1.82) is 0 Å². The molecule has 272 valence electrons.